The van der Waals surface area contributed by atoms with E-state index in [0.29, 0.717) is 0 Å². The first kappa shape index (κ1) is 12.9. The molecule has 0 atom stereocenters. The molecule has 2 aromatic carbocycles. The first-order valence-electron chi connectivity index (χ1n) is 5.30. The summed E-state index contributed by atoms with van der Waals surface area (Å²) in [6, 6.07) is 10.5. The van der Waals surface area contributed by atoms with Gasteiger partial charge in [-0.05, 0) is 39.7 Å². The highest BCUT2D eigenvalue weighted by Crippen LogP contribution is 2.20. The van der Waals surface area contributed by atoms with Crippen LogP contribution in [0.2, 0.25) is 0 Å². The highest BCUT2D eigenvalue weighted by atomic mass is 79.9. The summed E-state index contributed by atoms with van der Waals surface area (Å²) in [5.74, 6) is -1.51. The van der Waals surface area contributed by atoms with Crippen LogP contribution in [0.25, 0.3) is 0 Å². The van der Waals surface area contributed by atoms with Gasteiger partial charge in [-0.25, -0.2) is 8.78 Å². The molecule has 0 heterocycles. The topological polar surface area (TPSA) is 17.1 Å². The zero-order valence-electron chi connectivity index (χ0n) is 9.29. The van der Waals surface area contributed by atoms with Gasteiger partial charge in [-0.3, -0.25) is 4.79 Å². The first-order valence-corrected chi connectivity index (χ1v) is 6.09. The molecule has 1 nitrogen and oxygen atoms in total. The standard InChI is InChI=1S/C14H9BrF2O/c15-11-6-3-5-10(14(11)17)13(18)8-9-4-1-2-7-12(9)16/h1-7H,8H2. The third-order valence-electron chi connectivity index (χ3n) is 2.56. The highest BCUT2D eigenvalue weighted by molar-refractivity contribution is 9.10. The maximum Gasteiger partial charge on any atom is 0.170 e. The molecular weight excluding hydrogens is 302 g/mol. The van der Waals surface area contributed by atoms with Crippen LogP contribution in [-0.4, -0.2) is 5.78 Å². The summed E-state index contributed by atoms with van der Waals surface area (Å²) in [5.41, 5.74) is 0.231. The Balaban J connectivity index is 2.28. The molecule has 2 aromatic rings. The lowest BCUT2D eigenvalue weighted by atomic mass is 10.0. The van der Waals surface area contributed by atoms with Crippen LogP contribution in [0.1, 0.15) is 15.9 Å². The van der Waals surface area contributed by atoms with Gasteiger partial charge in [0.1, 0.15) is 11.6 Å². The van der Waals surface area contributed by atoms with Crippen LogP contribution in [0.5, 0.6) is 0 Å². The van der Waals surface area contributed by atoms with Crippen molar-refractivity contribution in [3.05, 3.63) is 69.7 Å². The molecule has 0 saturated heterocycles. The second-order valence-corrected chi connectivity index (χ2v) is 4.65. The van der Waals surface area contributed by atoms with Gasteiger partial charge in [-0.1, -0.05) is 24.3 Å². The Morgan fingerprint density at radius 1 is 1.06 bits per heavy atom. The van der Waals surface area contributed by atoms with Gasteiger partial charge in [0.2, 0.25) is 0 Å². The van der Waals surface area contributed by atoms with Crippen molar-refractivity contribution in [1.82, 2.24) is 0 Å². The average molecular weight is 311 g/mol. The number of Topliss-reactive ketones (excluding diaryl/α,β-unsaturated/α-hetero) is 1. The lowest BCUT2D eigenvalue weighted by Crippen LogP contribution is -2.07. The van der Waals surface area contributed by atoms with Gasteiger partial charge < -0.3 is 0 Å². The Hall–Kier alpha value is -1.55. The molecule has 92 valence electrons. The molecule has 18 heavy (non-hydrogen) atoms. The molecule has 0 amide bonds. The van der Waals surface area contributed by atoms with E-state index >= 15 is 0 Å². The summed E-state index contributed by atoms with van der Waals surface area (Å²) in [6.45, 7) is 0. The van der Waals surface area contributed by atoms with E-state index < -0.39 is 17.4 Å². The number of benzene rings is 2. The maximum atomic E-state index is 13.7. The van der Waals surface area contributed by atoms with Crippen molar-refractivity contribution in [2.45, 2.75) is 6.42 Å². The summed E-state index contributed by atoms with van der Waals surface area (Å²) in [5, 5.41) is 0. The zero-order valence-corrected chi connectivity index (χ0v) is 10.9. The van der Waals surface area contributed by atoms with Crippen molar-refractivity contribution in [1.29, 1.82) is 0 Å². The van der Waals surface area contributed by atoms with E-state index in [9.17, 15) is 13.6 Å². The quantitative estimate of drug-likeness (QED) is 0.778. The van der Waals surface area contributed by atoms with E-state index in [1.165, 1.54) is 24.3 Å². The molecule has 0 bridgehead atoms. The Labute approximate surface area is 112 Å². The van der Waals surface area contributed by atoms with Crippen molar-refractivity contribution >= 4 is 21.7 Å². The summed E-state index contributed by atoms with van der Waals surface area (Å²) in [7, 11) is 0. The van der Waals surface area contributed by atoms with Gasteiger partial charge in [-0.15, -0.1) is 0 Å². The number of halogens is 3. The van der Waals surface area contributed by atoms with E-state index in [1.807, 2.05) is 0 Å². The van der Waals surface area contributed by atoms with Crippen molar-refractivity contribution in [3.8, 4) is 0 Å². The number of carbonyl (C=O) groups excluding carboxylic acids is 1. The van der Waals surface area contributed by atoms with E-state index in [-0.39, 0.29) is 22.0 Å². The van der Waals surface area contributed by atoms with E-state index in [2.05, 4.69) is 15.9 Å². The fourth-order valence-electron chi connectivity index (χ4n) is 1.63. The molecule has 0 N–H and O–H groups in total. The number of hydrogen-bond donors (Lipinski definition) is 0. The monoisotopic (exact) mass is 310 g/mol. The fraction of sp³-hybridized carbons (Fsp3) is 0.0714. The van der Waals surface area contributed by atoms with Crippen LogP contribution in [0, 0.1) is 11.6 Å². The molecule has 0 aliphatic carbocycles. The van der Waals surface area contributed by atoms with Gasteiger partial charge in [0.05, 0.1) is 10.0 Å². The van der Waals surface area contributed by atoms with Crippen molar-refractivity contribution in [3.63, 3.8) is 0 Å². The SMILES string of the molecule is O=C(Cc1ccccc1F)c1cccc(Br)c1F. The Morgan fingerprint density at radius 3 is 2.50 bits per heavy atom. The Kier molecular flexibility index (Phi) is 3.87. The van der Waals surface area contributed by atoms with Gasteiger partial charge in [0.15, 0.2) is 5.78 Å². The molecule has 0 fully saturated rings. The summed E-state index contributed by atoms with van der Waals surface area (Å²) in [4.78, 5) is 11.9. The third-order valence-corrected chi connectivity index (χ3v) is 3.17. The highest BCUT2D eigenvalue weighted by Gasteiger charge is 2.15. The normalized spacial score (nSPS) is 10.4. The van der Waals surface area contributed by atoms with Gasteiger partial charge >= 0.3 is 0 Å². The minimum atomic E-state index is -0.612. The fourth-order valence-corrected chi connectivity index (χ4v) is 2.00. The minimum Gasteiger partial charge on any atom is -0.294 e. The van der Waals surface area contributed by atoms with Crippen LogP contribution in [0.4, 0.5) is 8.78 Å². The molecule has 4 heteroatoms. The second kappa shape index (κ2) is 5.40. The molecule has 0 aliphatic heterocycles. The van der Waals surface area contributed by atoms with Crippen LogP contribution in [0.15, 0.2) is 46.9 Å². The zero-order chi connectivity index (χ0) is 13.1. The number of carbonyl (C=O) groups is 1. The lowest BCUT2D eigenvalue weighted by molar-refractivity contribution is 0.0988. The molecule has 0 radical (unpaired) electrons. The van der Waals surface area contributed by atoms with Crippen molar-refractivity contribution in [2.24, 2.45) is 0 Å². The van der Waals surface area contributed by atoms with E-state index in [0.717, 1.165) is 0 Å². The molecular formula is C14H9BrF2O. The maximum absolute atomic E-state index is 13.7. The van der Waals surface area contributed by atoms with E-state index in [4.69, 9.17) is 0 Å². The van der Waals surface area contributed by atoms with Crippen LogP contribution in [-0.2, 0) is 6.42 Å². The van der Waals surface area contributed by atoms with Crippen LogP contribution >= 0.6 is 15.9 Å². The Bertz CT molecular complexity index is 596. The number of rotatable bonds is 3. The summed E-state index contributed by atoms with van der Waals surface area (Å²) in [6.07, 6.45) is -0.153. The van der Waals surface area contributed by atoms with Crippen molar-refractivity contribution in [2.75, 3.05) is 0 Å². The lowest BCUT2D eigenvalue weighted by Gasteiger charge is -2.05. The smallest absolute Gasteiger partial charge is 0.170 e. The molecule has 0 aliphatic rings. The Morgan fingerprint density at radius 2 is 1.78 bits per heavy atom. The summed E-state index contributed by atoms with van der Waals surface area (Å²) < 4.78 is 27.3. The van der Waals surface area contributed by atoms with Crippen molar-refractivity contribution < 1.29 is 13.6 Å². The number of ketones is 1. The molecule has 0 saturated carbocycles. The minimum absolute atomic E-state index is 0.0346. The van der Waals surface area contributed by atoms with Crippen LogP contribution in [0.3, 0.4) is 0 Å². The van der Waals surface area contributed by atoms with Crippen LogP contribution < -0.4 is 0 Å². The molecule has 2 rings (SSSR count). The van der Waals surface area contributed by atoms with Gasteiger partial charge in [-0.2, -0.15) is 0 Å². The second-order valence-electron chi connectivity index (χ2n) is 3.79. The first-order chi connectivity index (χ1) is 8.59. The predicted molar refractivity (Wildman–Crippen MR) is 68.5 cm³/mol. The largest absolute Gasteiger partial charge is 0.294 e. The third kappa shape index (κ3) is 2.64. The molecule has 0 spiro atoms. The summed E-state index contributed by atoms with van der Waals surface area (Å²) >= 11 is 3.01. The van der Waals surface area contributed by atoms with E-state index in [1.54, 1.807) is 18.2 Å². The predicted octanol–water partition coefficient (Wildman–Crippen LogP) is 4.15. The molecule has 0 aromatic heterocycles. The van der Waals surface area contributed by atoms with Gasteiger partial charge in [0.25, 0.3) is 0 Å². The average Bonchev–Trinajstić information content (AvgIpc) is 2.35. The molecule has 0 unspecified atom stereocenters. The number of hydrogen-bond acceptors (Lipinski definition) is 1. The van der Waals surface area contributed by atoms with Gasteiger partial charge in [0, 0.05) is 6.42 Å².